The molecule has 0 saturated heterocycles. The first-order valence-corrected chi connectivity index (χ1v) is 7.22. The molecule has 0 aliphatic heterocycles. The van der Waals surface area contributed by atoms with Gasteiger partial charge in [-0.3, -0.25) is 4.79 Å². The highest BCUT2D eigenvalue weighted by molar-refractivity contribution is 9.10. The number of hydrogen-bond acceptors (Lipinski definition) is 1. The highest BCUT2D eigenvalue weighted by Crippen LogP contribution is 2.15. The summed E-state index contributed by atoms with van der Waals surface area (Å²) in [5, 5.41) is 0. The van der Waals surface area contributed by atoms with Crippen LogP contribution >= 0.6 is 15.9 Å². The third-order valence-electron chi connectivity index (χ3n) is 3.18. The molecule has 0 bridgehead atoms. The molecule has 0 saturated carbocycles. The van der Waals surface area contributed by atoms with Gasteiger partial charge in [0.05, 0.1) is 11.0 Å². The Hall–Kier alpha value is -1.35. The van der Waals surface area contributed by atoms with Crippen molar-refractivity contribution in [3.63, 3.8) is 0 Å². The number of rotatable bonds is 3. The maximum Gasteiger partial charge on any atom is 0.265 e. The average molecular weight is 320 g/mol. The van der Waals surface area contributed by atoms with Crippen LogP contribution in [-0.2, 0) is 6.54 Å². The third-order valence-corrected chi connectivity index (χ3v) is 3.75. The molecular weight excluding hydrogens is 302 g/mol. The van der Waals surface area contributed by atoms with Crippen molar-refractivity contribution in [2.24, 2.45) is 0 Å². The van der Waals surface area contributed by atoms with E-state index in [0.717, 1.165) is 11.1 Å². The third kappa shape index (κ3) is 3.35. The molecule has 1 aromatic heterocycles. The molecule has 2 nitrogen and oxygen atoms in total. The molecule has 0 aliphatic carbocycles. The first kappa shape index (κ1) is 14.1. The Morgan fingerprint density at radius 2 is 1.84 bits per heavy atom. The van der Waals surface area contributed by atoms with E-state index in [0.29, 0.717) is 16.9 Å². The summed E-state index contributed by atoms with van der Waals surface area (Å²) in [6.07, 6.45) is 1.89. The summed E-state index contributed by atoms with van der Waals surface area (Å²) >= 11 is 3.31. The minimum Gasteiger partial charge on any atom is -0.310 e. The fourth-order valence-electron chi connectivity index (χ4n) is 2.06. The van der Waals surface area contributed by atoms with Gasteiger partial charge in [-0.2, -0.15) is 0 Å². The summed E-state index contributed by atoms with van der Waals surface area (Å²) in [6, 6.07) is 10.3. The SMILES string of the molecule is Cc1cc(Br)c(=O)n(Cc2ccc(C(C)C)cc2)c1. The predicted octanol–water partition coefficient (Wildman–Crippen LogP) is 4.09. The molecule has 19 heavy (non-hydrogen) atoms. The largest absolute Gasteiger partial charge is 0.310 e. The van der Waals surface area contributed by atoms with Gasteiger partial charge < -0.3 is 4.57 Å². The lowest BCUT2D eigenvalue weighted by Crippen LogP contribution is -2.21. The van der Waals surface area contributed by atoms with Crippen LogP contribution in [0.25, 0.3) is 0 Å². The second kappa shape index (κ2) is 5.74. The lowest BCUT2D eigenvalue weighted by molar-refractivity contribution is 0.748. The topological polar surface area (TPSA) is 22.0 Å². The number of pyridine rings is 1. The van der Waals surface area contributed by atoms with Crippen LogP contribution < -0.4 is 5.56 Å². The maximum absolute atomic E-state index is 12.0. The number of hydrogen-bond donors (Lipinski definition) is 0. The van der Waals surface area contributed by atoms with E-state index in [2.05, 4.69) is 54.0 Å². The lowest BCUT2D eigenvalue weighted by Gasteiger charge is -2.10. The Kier molecular flexibility index (Phi) is 4.25. The molecule has 0 aliphatic rings. The Bertz CT molecular complexity index is 626. The number of nitrogens with zero attached hydrogens (tertiary/aromatic N) is 1. The second-order valence-electron chi connectivity index (χ2n) is 5.19. The summed E-state index contributed by atoms with van der Waals surface area (Å²) < 4.78 is 2.36. The normalized spacial score (nSPS) is 11.0. The zero-order valence-corrected chi connectivity index (χ0v) is 13.1. The van der Waals surface area contributed by atoms with Gasteiger partial charge in [0.2, 0.25) is 0 Å². The molecule has 2 aromatic rings. The molecule has 1 heterocycles. The predicted molar refractivity (Wildman–Crippen MR) is 82.8 cm³/mol. The van der Waals surface area contributed by atoms with Crippen LogP contribution in [0.1, 0.15) is 36.5 Å². The quantitative estimate of drug-likeness (QED) is 0.835. The highest BCUT2D eigenvalue weighted by atomic mass is 79.9. The van der Waals surface area contributed by atoms with Gasteiger partial charge in [0.25, 0.3) is 5.56 Å². The smallest absolute Gasteiger partial charge is 0.265 e. The van der Waals surface area contributed by atoms with Crippen LogP contribution in [0.5, 0.6) is 0 Å². The van der Waals surface area contributed by atoms with E-state index in [9.17, 15) is 4.79 Å². The molecule has 0 spiro atoms. The Balaban J connectivity index is 2.29. The van der Waals surface area contributed by atoms with Gasteiger partial charge in [-0.25, -0.2) is 0 Å². The second-order valence-corrected chi connectivity index (χ2v) is 6.05. The Morgan fingerprint density at radius 1 is 1.21 bits per heavy atom. The number of benzene rings is 1. The zero-order chi connectivity index (χ0) is 14.0. The van der Waals surface area contributed by atoms with Crippen molar-refractivity contribution in [2.45, 2.75) is 33.2 Å². The first-order valence-electron chi connectivity index (χ1n) is 6.43. The van der Waals surface area contributed by atoms with Crippen molar-refractivity contribution in [2.75, 3.05) is 0 Å². The molecule has 0 unspecified atom stereocenters. The average Bonchev–Trinajstić information content (AvgIpc) is 2.36. The lowest BCUT2D eigenvalue weighted by atomic mass is 10.0. The standard InChI is InChI=1S/C16H18BrNO/c1-11(2)14-6-4-13(5-7-14)10-18-9-12(3)8-15(17)16(18)19/h4-9,11H,10H2,1-3H3. The summed E-state index contributed by atoms with van der Waals surface area (Å²) in [4.78, 5) is 12.0. The molecule has 0 amide bonds. The van der Waals surface area contributed by atoms with Gasteiger partial charge in [0.15, 0.2) is 0 Å². The van der Waals surface area contributed by atoms with Crippen molar-refractivity contribution < 1.29 is 0 Å². The monoisotopic (exact) mass is 319 g/mol. The van der Waals surface area contributed by atoms with E-state index in [1.165, 1.54) is 5.56 Å². The van der Waals surface area contributed by atoms with Crippen LogP contribution in [0.2, 0.25) is 0 Å². The van der Waals surface area contributed by atoms with Gasteiger partial charge in [0, 0.05) is 6.20 Å². The molecule has 100 valence electrons. The number of halogens is 1. The highest BCUT2D eigenvalue weighted by Gasteiger charge is 2.04. The summed E-state index contributed by atoms with van der Waals surface area (Å²) in [6.45, 7) is 6.95. The van der Waals surface area contributed by atoms with Gasteiger partial charge in [-0.15, -0.1) is 0 Å². The van der Waals surface area contributed by atoms with Gasteiger partial charge in [-0.1, -0.05) is 38.1 Å². The van der Waals surface area contributed by atoms with E-state index < -0.39 is 0 Å². The summed E-state index contributed by atoms with van der Waals surface area (Å²) in [7, 11) is 0. The molecule has 0 atom stereocenters. The molecule has 0 radical (unpaired) electrons. The minimum atomic E-state index is 0.0125. The minimum absolute atomic E-state index is 0.0125. The summed E-state index contributed by atoms with van der Waals surface area (Å²) in [5.41, 5.74) is 3.55. The maximum atomic E-state index is 12.0. The van der Waals surface area contributed by atoms with E-state index in [1.54, 1.807) is 4.57 Å². The number of aryl methyl sites for hydroxylation is 1. The Morgan fingerprint density at radius 3 is 2.42 bits per heavy atom. The van der Waals surface area contributed by atoms with Crippen molar-refractivity contribution >= 4 is 15.9 Å². The van der Waals surface area contributed by atoms with Crippen LogP contribution in [-0.4, -0.2) is 4.57 Å². The van der Waals surface area contributed by atoms with Crippen molar-refractivity contribution in [1.82, 2.24) is 4.57 Å². The van der Waals surface area contributed by atoms with Gasteiger partial charge >= 0.3 is 0 Å². The first-order chi connectivity index (χ1) is 8.97. The molecule has 1 aromatic carbocycles. The van der Waals surface area contributed by atoms with Crippen molar-refractivity contribution in [3.8, 4) is 0 Å². The van der Waals surface area contributed by atoms with Crippen LogP contribution in [0.4, 0.5) is 0 Å². The fraction of sp³-hybridized carbons (Fsp3) is 0.312. The van der Waals surface area contributed by atoms with Crippen molar-refractivity contribution in [1.29, 1.82) is 0 Å². The zero-order valence-electron chi connectivity index (χ0n) is 11.5. The van der Waals surface area contributed by atoms with E-state index in [-0.39, 0.29) is 5.56 Å². The Labute approximate surface area is 122 Å². The van der Waals surface area contributed by atoms with Gasteiger partial charge in [0.1, 0.15) is 0 Å². The number of aromatic nitrogens is 1. The van der Waals surface area contributed by atoms with Crippen LogP contribution in [0, 0.1) is 6.92 Å². The van der Waals surface area contributed by atoms with Crippen molar-refractivity contribution in [3.05, 3.63) is 68.0 Å². The van der Waals surface area contributed by atoms with Gasteiger partial charge in [-0.05, 0) is 51.5 Å². The molecule has 3 heteroatoms. The fourth-order valence-corrected chi connectivity index (χ4v) is 2.65. The molecule has 0 fully saturated rings. The summed E-state index contributed by atoms with van der Waals surface area (Å²) in [5.74, 6) is 0.532. The van der Waals surface area contributed by atoms with E-state index in [4.69, 9.17) is 0 Å². The molecule has 2 rings (SSSR count). The molecular formula is C16H18BrNO. The molecule has 0 N–H and O–H groups in total. The van der Waals surface area contributed by atoms with E-state index in [1.807, 2.05) is 19.2 Å². The van der Waals surface area contributed by atoms with E-state index >= 15 is 0 Å². The van der Waals surface area contributed by atoms with Crippen LogP contribution in [0.15, 0.2) is 45.8 Å². The van der Waals surface area contributed by atoms with Crippen LogP contribution in [0.3, 0.4) is 0 Å².